The van der Waals surface area contributed by atoms with E-state index in [1.807, 2.05) is 0 Å². The van der Waals surface area contributed by atoms with Crippen LogP contribution in [-0.4, -0.2) is 52.5 Å². The first-order valence-electron chi connectivity index (χ1n) is 7.57. The van der Waals surface area contributed by atoms with E-state index >= 15 is 0 Å². The van der Waals surface area contributed by atoms with Gasteiger partial charge in [-0.1, -0.05) is 0 Å². The van der Waals surface area contributed by atoms with Crippen molar-refractivity contribution in [1.82, 2.24) is 9.62 Å². The molecule has 0 aromatic heterocycles. The number of amides is 1. The van der Waals surface area contributed by atoms with Crippen LogP contribution in [0.1, 0.15) is 29.6 Å². The molecule has 9 heteroatoms. The molecule has 1 aliphatic rings. The summed E-state index contributed by atoms with van der Waals surface area (Å²) in [5.41, 5.74) is 6.08. The van der Waals surface area contributed by atoms with E-state index in [0.717, 1.165) is 19.3 Å². The molecule has 3 N–H and O–H groups in total. The maximum Gasteiger partial charge on any atom is 0.254 e. The van der Waals surface area contributed by atoms with Crippen LogP contribution in [-0.2, 0) is 10.0 Å². The fourth-order valence-corrected chi connectivity index (χ4v) is 3.73. The number of piperidine rings is 1. The molecule has 0 saturated carbocycles. The van der Waals surface area contributed by atoms with Gasteiger partial charge in [0.2, 0.25) is 10.0 Å². The highest BCUT2D eigenvalue weighted by molar-refractivity contribution is 7.89. The molecule has 136 valence electrons. The molecule has 2 rings (SSSR count). The van der Waals surface area contributed by atoms with Crippen molar-refractivity contribution in [2.75, 3.05) is 27.2 Å². The second-order valence-electron chi connectivity index (χ2n) is 5.46. The SMILES string of the molecule is CNS(=O)(=O)c1cc(C(=O)N2CCCCC2CN)ccc1OC.Cl. The Labute approximate surface area is 149 Å². The summed E-state index contributed by atoms with van der Waals surface area (Å²) in [6.07, 6.45) is 2.85. The lowest BCUT2D eigenvalue weighted by Gasteiger charge is -2.35. The highest BCUT2D eigenvalue weighted by Gasteiger charge is 2.28. The standard InChI is InChI=1S/C15H23N3O4S.ClH/c1-17-23(20,21)14-9-11(6-7-13(14)22-2)15(19)18-8-4-3-5-12(18)10-16;/h6-7,9,12,17H,3-5,8,10,16H2,1-2H3;1H. The molecule has 24 heavy (non-hydrogen) atoms. The summed E-state index contributed by atoms with van der Waals surface area (Å²) < 4.78 is 31.6. The Balaban J connectivity index is 0.00000288. The topological polar surface area (TPSA) is 102 Å². The Bertz CT molecular complexity index is 681. The van der Waals surface area contributed by atoms with Gasteiger partial charge in [-0.2, -0.15) is 0 Å². The van der Waals surface area contributed by atoms with Gasteiger partial charge in [0, 0.05) is 24.7 Å². The number of carbonyl (C=O) groups excluding carboxylic acids is 1. The first-order chi connectivity index (χ1) is 10.9. The number of nitrogens with zero attached hydrogens (tertiary/aromatic N) is 1. The molecule has 1 heterocycles. The number of hydrogen-bond donors (Lipinski definition) is 2. The van der Waals surface area contributed by atoms with E-state index in [-0.39, 0.29) is 35.0 Å². The fourth-order valence-electron chi connectivity index (χ4n) is 2.81. The predicted molar refractivity (Wildman–Crippen MR) is 94.2 cm³/mol. The van der Waals surface area contributed by atoms with Crippen molar-refractivity contribution in [1.29, 1.82) is 0 Å². The van der Waals surface area contributed by atoms with E-state index in [2.05, 4.69) is 4.72 Å². The first kappa shape index (κ1) is 20.7. The van der Waals surface area contributed by atoms with Crippen molar-refractivity contribution >= 4 is 28.3 Å². The largest absolute Gasteiger partial charge is 0.495 e. The van der Waals surface area contributed by atoms with Crippen molar-refractivity contribution in [2.24, 2.45) is 5.73 Å². The van der Waals surface area contributed by atoms with Gasteiger partial charge in [-0.05, 0) is 44.5 Å². The highest BCUT2D eigenvalue weighted by atomic mass is 35.5. The summed E-state index contributed by atoms with van der Waals surface area (Å²) in [4.78, 5) is 14.4. The average Bonchev–Trinajstić information content (AvgIpc) is 2.60. The van der Waals surface area contributed by atoms with Crippen molar-refractivity contribution in [3.8, 4) is 5.75 Å². The molecule has 1 aromatic carbocycles. The maximum absolute atomic E-state index is 12.8. The summed E-state index contributed by atoms with van der Waals surface area (Å²) >= 11 is 0. The Hall–Kier alpha value is -1.35. The number of ether oxygens (including phenoxy) is 1. The monoisotopic (exact) mass is 377 g/mol. The van der Waals surface area contributed by atoms with E-state index in [9.17, 15) is 13.2 Å². The van der Waals surface area contributed by atoms with Gasteiger partial charge in [0.1, 0.15) is 10.6 Å². The first-order valence-corrected chi connectivity index (χ1v) is 9.05. The molecule has 1 aromatic rings. The molecular formula is C15H24ClN3O4S. The van der Waals surface area contributed by atoms with Crippen LogP contribution in [0.4, 0.5) is 0 Å². The smallest absolute Gasteiger partial charge is 0.254 e. The van der Waals surface area contributed by atoms with Gasteiger partial charge in [-0.25, -0.2) is 13.1 Å². The molecule has 7 nitrogen and oxygen atoms in total. The summed E-state index contributed by atoms with van der Waals surface area (Å²) in [5, 5.41) is 0. The molecule has 0 radical (unpaired) electrons. The molecular weight excluding hydrogens is 354 g/mol. The summed E-state index contributed by atoms with van der Waals surface area (Å²) in [7, 11) is -1.01. The molecule has 1 aliphatic heterocycles. The second kappa shape index (κ2) is 8.66. The van der Waals surface area contributed by atoms with Gasteiger partial charge in [0.05, 0.1) is 7.11 Å². The second-order valence-corrected chi connectivity index (χ2v) is 7.31. The minimum Gasteiger partial charge on any atom is -0.495 e. The van der Waals surface area contributed by atoms with Crippen LogP contribution in [0.3, 0.4) is 0 Å². The zero-order chi connectivity index (χ0) is 17.0. The van der Waals surface area contributed by atoms with Gasteiger partial charge in [0.15, 0.2) is 0 Å². The van der Waals surface area contributed by atoms with Gasteiger partial charge >= 0.3 is 0 Å². The summed E-state index contributed by atoms with van der Waals surface area (Å²) in [5.74, 6) is 0.000255. The lowest BCUT2D eigenvalue weighted by molar-refractivity contribution is 0.0623. The van der Waals surface area contributed by atoms with Gasteiger partial charge in [-0.15, -0.1) is 12.4 Å². The van der Waals surface area contributed by atoms with Crippen LogP contribution in [0.5, 0.6) is 5.75 Å². The van der Waals surface area contributed by atoms with E-state index < -0.39 is 10.0 Å². The third-order valence-electron chi connectivity index (χ3n) is 4.13. The number of rotatable bonds is 5. The third-order valence-corrected chi connectivity index (χ3v) is 5.56. The van der Waals surface area contributed by atoms with Gasteiger partial charge in [0.25, 0.3) is 5.91 Å². The minimum atomic E-state index is -3.72. The van der Waals surface area contributed by atoms with Crippen LogP contribution in [0, 0.1) is 0 Å². The molecule has 1 atom stereocenters. The molecule has 1 unspecified atom stereocenters. The predicted octanol–water partition coefficient (Wildman–Crippen LogP) is 0.979. The molecule has 0 spiro atoms. The van der Waals surface area contributed by atoms with Gasteiger partial charge in [-0.3, -0.25) is 4.79 Å². The molecule has 1 fully saturated rings. The van der Waals surface area contributed by atoms with Crippen LogP contribution in [0.2, 0.25) is 0 Å². The number of sulfonamides is 1. The van der Waals surface area contributed by atoms with Crippen molar-refractivity contribution < 1.29 is 17.9 Å². The Morgan fingerprint density at radius 1 is 1.42 bits per heavy atom. The number of carbonyl (C=O) groups is 1. The highest BCUT2D eigenvalue weighted by Crippen LogP contribution is 2.26. The van der Waals surface area contributed by atoms with E-state index in [1.54, 1.807) is 11.0 Å². The molecule has 1 amide bonds. The van der Waals surface area contributed by atoms with Crippen molar-refractivity contribution in [2.45, 2.75) is 30.2 Å². The Kier molecular flexibility index (Phi) is 7.47. The van der Waals surface area contributed by atoms with Crippen LogP contribution >= 0.6 is 12.4 Å². The maximum atomic E-state index is 12.8. The molecule has 0 bridgehead atoms. The fraction of sp³-hybridized carbons (Fsp3) is 0.533. The molecule has 0 aliphatic carbocycles. The van der Waals surface area contributed by atoms with Crippen molar-refractivity contribution in [3.63, 3.8) is 0 Å². The number of hydrogen-bond acceptors (Lipinski definition) is 5. The number of nitrogens with two attached hydrogens (primary N) is 1. The van der Waals surface area contributed by atoms with E-state index in [4.69, 9.17) is 10.5 Å². The number of likely N-dealkylation sites (tertiary alicyclic amines) is 1. The summed E-state index contributed by atoms with van der Waals surface area (Å²) in [6.45, 7) is 1.05. The molecule has 1 saturated heterocycles. The lowest BCUT2D eigenvalue weighted by Crippen LogP contribution is -2.47. The third kappa shape index (κ3) is 4.18. The number of halogens is 1. The number of benzene rings is 1. The minimum absolute atomic E-state index is 0. The zero-order valence-corrected chi connectivity index (χ0v) is 15.5. The number of methoxy groups -OCH3 is 1. The lowest BCUT2D eigenvalue weighted by atomic mass is 10.0. The van der Waals surface area contributed by atoms with Gasteiger partial charge < -0.3 is 15.4 Å². The average molecular weight is 378 g/mol. The normalized spacial score (nSPS) is 18.0. The van der Waals surface area contributed by atoms with Crippen molar-refractivity contribution in [3.05, 3.63) is 23.8 Å². The van der Waals surface area contributed by atoms with Crippen LogP contribution in [0.25, 0.3) is 0 Å². The quantitative estimate of drug-likeness (QED) is 0.796. The summed E-state index contributed by atoms with van der Waals surface area (Å²) in [6, 6.07) is 4.44. The van der Waals surface area contributed by atoms with E-state index in [1.165, 1.54) is 26.3 Å². The Morgan fingerprint density at radius 2 is 2.12 bits per heavy atom. The number of nitrogens with one attached hydrogen (secondary N) is 1. The van der Waals surface area contributed by atoms with Crippen LogP contribution in [0.15, 0.2) is 23.1 Å². The zero-order valence-electron chi connectivity index (χ0n) is 13.8. The van der Waals surface area contributed by atoms with Crippen LogP contribution < -0.4 is 15.2 Å². The van der Waals surface area contributed by atoms with E-state index in [0.29, 0.717) is 18.7 Å². The Morgan fingerprint density at radius 3 is 2.71 bits per heavy atom.